The third-order valence-corrected chi connectivity index (χ3v) is 7.46. The minimum absolute atomic E-state index is 0.00534. The molecule has 0 aliphatic heterocycles. The molecule has 1 aromatic carbocycles. The molecule has 2 aromatic heterocycles. The zero-order valence-corrected chi connectivity index (χ0v) is 18.4. The lowest BCUT2D eigenvalue weighted by molar-refractivity contribution is -0.128. The van der Waals surface area contributed by atoms with Crippen molar-refractivity contribution < 1.29 is 9.18 Å². The maximum atomic E-state index is 14.9. The van der Waals surface area contributed by atoms with Crippen molar-refractivity contribution in [2.24, 2.45) is 11.8 Å². The van der Waals surface area contributed by atoms with Gasteiger partial charge in [-0.05, 0) is 55.5 Å². The maximum Gasteiger partial charge on any atom is 0.161 e. The highest BCUT2D eigenvalue weighted by Gasteiger charge is 2.49. The van der Waals surface area contributed by atoms with Gasteiger partial charge >= 0.3 is 0 Å². The monoisotopic (exact) mass is 427 g/mol. The molecular weight excluding hydrogens is 401 g/mol. The Balaban J connectivity index is 1.75. The van der Waals surface area contributed by atoms with Crippen LogP contribution in [0.1, 0.15) is 50.1 Å². The Labute approximate surface area is 187 Å². The zero-order valence-electron chi connectivity index (χ0n) is 18.4. The van der Waals surface area contributed by atoms with Crippen LogP contribution < -0.4 is 0 Å². The topological polar surface area (TPSA) is 55.7 Å². The number of fused-ring (bicyclic) bond motifs is 3. The first-order valence-corrected chi connectivity index (χ1v) is 11.2. The van der Waals surface area contributed by atoms with E-state index in [4.69, 9.17) is 9.97 Å². The molecule has 32 heavy (non-hydrogen) atoms. The number of Topliss-reactive ketones (excluding diaryl/α,β-unsaturated/α-hetero) is 1. The molecule has 3 aromatic rings. The van der Waals surface area contributed by atoms with Crippen LogP contribution in [0.2, 0.25) is 0 Å². The van der Waals surface area contributed by atoms with Gasteiger partial charge in [0.05, 0.1) is 17.1 Å². The number of aromatic nitrogens is 3. The Morgan fingerprint density at radius 3 is 2.69 bits per heavy atom. The average molecular weight is 428 g/mol. The lowest BCUT2D eigenvalue weighted by Crippen LogP contribution is -2.47. The van der Waals surface area contributed by atoms with Crippen molar-refractivity contribution in [2.45, 2.75) is 44.9 Å². The molecular formula is C27H26FN3O. The van der Waals surface area contributed by atoms with E-state index >= 15 is 0 Å². The number of carbonyl (C=O) groups is 1. The second-order valence-corrected chi connectivity index (χ2v) is 9.20. The third-order valence-electron chi connectivity index (χ3n) is 7.46. The first-order chi connectivity index (χ1) is 15.4. The van der Waals surface area contributed by atoms with E-state index in [0.717, 1.165) is 41.8 Å². The molecule has 0 N–H and O–H groups in total. The highest BCUT2D eigenvalue weighted by molar-refractivity contribution is 5.83. The molecule has 5 rings (SSSR count). The molecule has 2 heterocycles. The highest BCUT2D eigenvalue weighted by atomic mass is 19.1. The summed E-state index contributed by atoms with van der Waals surface area (Å²) in [6.07, 6.45) is 6.36. The van der Waals surface area contributed by atoms with Crippen LogP contribution in [0.4, 0.5) is 4.39 Å². The molecule has 1 saturated carbocycles. The van der Waals surface area contributed by atoms with Gasteiger partial charge in [-0.3, -0.25) is 9.78 Å². The van der Waals surface area contributed by atoms with Gasteiger partial charge in [0.25, 0.3) is 0 Å². The normalized spacial score (nSPS) is 24.5. The van der Waals surface area contributed by atoms with E-state index in [9.17, 15) is 9.18 Å². The van der Waals surface area contributed by atoms with Crippen LogP contribution in [0, 0.1) is 17.7 Å². The van der Waals surface area contributed by atoms with E-state index in [0.29, 0.717) is 29.3 Å². The molecule has 2 aliphatic rings. The standard InChI is InChI=1S/C27H26FN3O/c1-4-18-10-9-17(15-29-18)26-30-24(19-7-5-6-8-22(19)28)20-11-12-21-16(2)23(32)13-14-27(21,3)25(20)31-26/h4-10,15-16,21H,1,11-14H2,2-3H3/t16-,21-,27-/m1/s1. The molecule has 1 fully saturated rings. The van der Waals surface area contributed by atoms with Crippen molar-refractivity contribution in [3.63, 3.8) is 0 Å². The van der Waals surface area contributed by atoms with Crippen LogP contribution in [0.25, 0.3) is 28.7 Å². The molecule has 5 heteroatoms. The Bertz CT molecular complexity index is 1220. The second-order valence-electron chi connectivity index (χ2n) is 9.20. The number of hydrogen-bond acceptors (Lipinski definition) is 4. The average Bonchev–Trinajstić information content (AvgIpc) is 2.82. The smallest absolute Gasteiger partial charge is 0.161 e. The van der Waals surface area contributed by atoms with Crippen molar-refractivity contribution in [3.05, 3.63) is 71.9 Å². The summed E-state index contributed by atoms with van der Waals surface area (Å²) in [6, 6.07) is 10.6. The number of pyridine rings is 1. The molecule has 0 radical (unpaired) electrons. The van der Waals surface area contributed by atoms with Crippen molar-refractivity contribution >= 4 is 11.9 Å². The predicted molar refractivity (Wildman–Crippen MR) is 123 cm³/mol. The fourth-order valence-corrected chi connectivity index (χ4v) is 5.59. The fraction of sp³-hybridized carbons (Fsp3) is 0.333. The molecule has 162 valence electrons. The third kappa shape index (κ3) is 3.19. The summed E-state index contributed by atoms with van der Waals surface area (Å²) in [4.78, 5) is 26.8. The van der Waals surface area contributed by atoms with Gasteiger partial charge in [0.2, 0.25) is 0 Å². The summed E-state index contributed by atoms with van der Waals surface area (Å²) in [5.74, 6) is 0.818. The van der Waals surface area contributed by atoms with Crippen LogP contribution in [-0.2, 0) is 16.6 Å². The first kappa shape index (κ1) is 20.7. The number of rotatable bonds is 3. The lowest BCUT2D eigenvalue weighted by atomic mass is 9.56. The molecule has 0 saturated heterocycles. The number of hydrogen-bond donors (Lipinski definition) is 0. The van der Waals surface area contributed by atoms with Gasteiger partial charge in [-0.15, -0.1) is 0 Å². The minimum atomic E-state index is -0.293. The van der Waals surface area contributed by atoms with E-state index in [1.165, 1.54) is 6.07 Å². The van der Waals surface area contributed by atoms with Gasteiger partial charge < -0.3 is 0 Å². The number of benzene rings is 1. The number of nitrogens with zero attached hydrogens (tertiary/aromatic N) is 3. The number of halogens is 1. The first-order valence-electron chi connectivity index (χ1n) is 11.2. The van der Waals surface area contributed by atoms with Crippen LogP contribution in [0.5, 0.6) is 0 Å². The molecule has 0 unspecified atom stereocenters. The molecule has 0 amide bonds. The Morgan fingerprint density at radius 1 is 1.16 bits per heavy atom. The van der Waals surface area contributed by atoms with Crippen LogP contribution >= 0.6 is 0 Å². The van der Waals surface area contributed by atoms with E-state index in [1.807, 2.05) is 25.1 Å². The van der Waals surface area contributed by atoms with Gasteiger partial charge in [0, 0.05) is 40.6 Å². The largest absolute Gasteiger partial charge is 0.299 e. The summed E-state index contributed by atoms with van der Waals surface area (Å²) in [5.41, 5.74) is 4.42. The summed E-state index contributed by atoms with van der Waals surface area (Å²) >= 11 is 0. The van der Waals surface area contributed by atoms with E-state index in [-0.39, 0.29) is 23.1 Å². The SMILES string of the molecule is C=Cc1ccc(-c2nc(-c3ccccc3F)c3c(n2)[C@]2(C)CCC(=O)[C@H](C)[C@H]2CC3)cn1. The van der Waals surface area contributed by atoms with E-state index in [1.54, 1.807) is 24.4 Å². The fourth-order valence-electron chi connectivity index (χ4n) is 5.59. The number of carbonyl (C=O) groups excluding carboxylic acids is 1. The van der Waals surface area contributed by atoms with Gasteiger partial charge in [0.1, 0.15) is 11.6 Å². The highest BCUT2D eigenvalue weighted by Crippen LogP contribution is 2.52. The molecule has 2 aliphatic carbocycles. The second kappa shape index (κ2) is 7.73. The van der Waals surface area contributed by atoms with E-state index < -0.39 is 0 Å². The van der Waals surface area contributed by atoms with Crippen LogP contribution in [0.15, 0.2) is 49.2 Å². The molecule has 0 bridgehead atoms. The predicted octanol–water partition coefficient (Wildman–Crippen LogP) is 5.81. The minimum Gasteiger partial charge on any atom is -0.299 e. The van der Waals surface area contributed by atoms with Crippen LogP contribution in [-0.4, -0.2) is 20.7 Å². The Morgan fingerprint density at radius 2 is 1.97 bits per heavy atom. The summed E-state index contributed by atoms with van der Waals surface area (Å²) < 4.78 is 14.9. The summed E-state index contributed by atoms with van der Waals surface area (Å²) in [5, 5.41) is 0. The summed E-state index contributed by atoms with van der Waals surface area (Å²) in [7, 11) is 0. The summed E-state index contributed by atoms with van der Waals surface area (Å²) in [6.45, 7) is 8.03. The molecule has 4 nitrogen and oxygen atoms in total. The Hall–Kier alpha value is -3.21. The zero-order chi connectivity index (χ0) is 22.5. The molecule has 0 spiro atoms. The quantitative estimate of drug-likeness (QED) is 0.530. The van der Waals surface area contributed by atoms with Crippen LogP contribution in [0.3, 0.4) is 0 Å². The lowest BCUT2D eigenvalue weighted by Gasteiger charge is -2.48. The molecule has 3 atom stereocenters. The van der Waals surface area contributed by atoms with Gasteiger partial charge in [-0.2, -0.15) is 0 Å². The van der Waals surface area contributed by atoms with Crippen molar-refractivity contribution in [1.82, 2.24) is 15.0 Å². The van der Waals surface area contributed by atoms with Crippen molar-refractivity contribution in [2.75, 3.05) is 0 Å². The Kier molecular flexibility index (Phi) is 5.00. The number of ketones is 1. The van der Waals surface area contributed by atoms with Crippen molar-refractivity contribution in [3.8, 4) is 22.6 Å². The van der Waals surface area contributed by atoms with E-state index in [2.05, 4.69) is 18.5 Å². The van der Waals surface area contributed by atoms with Gasteiger partial charge in [0.15, 0.2) is 5.82 Å². The maximum absolute atomic E-state index is 14.9. The van der Waals surface area contributed by atoms with Crippen molar-refractivity contribution in [1.29, 1.82) is 0 Å². The van der Waals surface area contributed by atoms with Gasteiger partial charge in [-0.25, -0.2) is 14.4 Å². The van der Waals surface area contributed by atoms with Gasteiger partial charge in [-0.1, -0.05) is 32.6 Å².